The summed E-state index contributed by atoms with van der Waals surface area (Å²) in [6.07, 6.45) is 0.251. The second kappa shape index (κ2) is 3.27. The third kappa shape index (κ3) is 2.37. The van der Waals surface area contributed by atoms with Crippen LogP contribution in [0.1, 0.15) is 13.3 Å². The minimum Gasteiger partial charge on any atom is -0.464 e. The first kappa shape index (κ1) is 9.88. The molecule has 74 valence electrons. The molecular weight excluding hydrogens is 184 g/mol. The molecule has 0 aromatic rings. The van der Waals surface area contributed by atoms with E-state index in [1.807, 2.05) is 5.32 Å². The lowest BCUT2D eigenvalue weighted by Gasteiger charge is -2.13. The lowest BCUT2D eigenvalue weighted by atomic mass is 10.2. The van der Waals surface area contributed by atoms with Crippen LogP contribution in [0.2, 0.25) is 0 Å². The number of cyclic esters (lactones) is 1. The summed E-state index contributed by atoms with van der Waals surface area (Å²) in [4.78, 5) is 21.5. The van der Waals surface area contributed by atoms with Gasteiger partial charge in [-0.05, 0) is 0 Å². The summed E-state index contributed by atoms with van der Waals surface area (Å²) in [7, 11) is 0. The predicted molar refractivity (Wildman–Crippen MR) is 38.1 cm³/mol. The molecule has 13 heavy (non-hydrogen) atoms. The number of halogens is 2. The maximum absolute atomic E-state index is 12.3. The molecule has 1 heterocycles. The van der Waals surface area contributed by atoms with E-state index in [1.54, 1.807) is 0 Å². The van der Waals surface area contributed by atoms with Crippen molar-refractivity contribution in [3.63, 3.8) is 0 Å². The maximum atomic E-state index is 12.3. The Kier molecular flexibility index (Phi) is 2.49. The van der Waals surface area contributed by atoms with Gasteiger partial charge in [0.25, 0.3) is 5.91 Å². The minimum atomic E-state index is -3.46. The molecule has 1 fully saturated rings. The van der Waals surface area contributed by atoms with Gasteiger partial charge in [-0.25, -0.2) is 4.79 Å². The Morgan fingerprint density at radius 1 is 1.69 bits per heavy atom. The van der Waals surface area contributed by atoms with Crippen molar-refractivity contribution in [1.29, 1.82) is 0 Å². The highest BCUT2D eigenvalue weighted by molar-refractivity contribution is 5.88. The Hall–Kier alpha value is -1.20. The fourth-order valence-electron chi connectivity index (χ4n) is 0.912. The van der Waals surface area contributed by atoms with Crippen molar-refractivity contribution in [1.82, 2.24) is 5.32 Å². The number of rotatable bonds is 2. The highest BCUT2D eigenvalue weighted by atomic mass is 19.3. The molecule has 0 aliphatic carbocycles. The third-order valence-electron chi connectivity index (χ3n) is 1.64. The van der Waals surface area contributed by atoms with Gasteiger partial charge in [-0.2, -0.15) is 8.78 Å². The van der Waals surface area contributed by atoms with Crippen LogP contribution in [0, 0.1) is 0 Å². The molecule has 0 spiro atoms. The van der Waals surface area contributed by atoms with E-state index in [0.717, 1.165) is 0 Å². The molecule has 1 amide bonds. The lowest BCUT2D eigenvalue weighted by molar-refractivity contribution is -0.148. The van der Waals surface area contributed by atoms with Gasteiger partial charge in [-0.1, -0.05) is 0 Å². The van der Waals surface area contributed by atoms with E-state index in [0.29, 0.717) is 6.92 Å². The number of nitrogens with one attached hydrogen (secondary N) is 1. The fourth-order valence-corrected chi connectivity index (χ4v) is 0.912. The Morgan fingerprint density at radius 2 is 2.31 bits per heavy atom. The topological polar surface area (TPSA) is 55.4 Å². The van der Waals surface area contributed by atoms with Crippen molar-refractivity contribution in [2.24, 2.45) is 0 Å². The van der Waals surface area contributed by atoms with Crippen LogP contribution in [0.25, 0.3) is 0 Å². The Labute approximate surface area is 73.2 Å². The van der Waals surface area contributed by atoms with Gasteiger partial charge in [0.2, 0.25) is 0 Å². The summed E-state index contributed by atoms with van der Waals surface area (Å²) in [6.45, 7) is 0.641. The van der Waals surface area contributed by atoms with Crippen LogP contribution in [0.5, 0.6) is 0 Å². The molecule has 1 aliphatic heterocycles. The van der Waals surface area contributed by atoms with Crippen molar-refractivity contribution in [3.05, 3.63) is 0 Å². The molecule has 1 rings (SSSR count). The van der Waals surface area contributed by atoms with E-state index in [9.17, 15) is 18.4 Å². The Morgan fingerprint density at radius 3 is 2.69 bits per heavy atom. The van der Waals surface area contributed by atoms with Crippen LogP contribution in [-0.4, -0.2) is 30.4 Å². The van der Waals surface area contributed by atoms with E-state index in [-0.39, 0.29) is 13.0 Å². The SMILES string of the molecule is CC(F)(F)C(=O)NC1CCOC1=O. The number of ether oxygens (including phenoxy) is 1. The summed E-state index contributed by atoms with van der Waals surface area (Å²) < 4.78 is 29.1. The number of alkyl halides is 2. The van der Waals surface area contributed by atoms with Crippen LogP contribution >= 0.6 is 0 Å². The second-order valence-corrected chi connectivity index (χ2v) is 2.87. The van der Waals surface area contributed by atoms with Crippen molar-refractivity contribution in [2.75, 3.05) is 6.61 Å². The van der Waals surface area contributed by atoms with Gasteiger partial charge in [0.15, 0.2) is 0 Å². The number of carbonyl (C=O) groups is 2. The summed E-state index contributed by atoms with van der Waals surface area (Å²) in [6, 6.07) is -0.918. The predicted octanol–water partition coefficient (Wildman–Crippen LogP) is 0.0733. The molecular formula is C7H9F2NO3. The van der Waals surface area contributed by atoms with Crippen LogP contribution in [-0.2, 0) is 14.3 Å². The molecule has 0 aromatic carbocycles. The number of hydrogen-bond acceptors (Lipinski definition) is 3. The first-order chi connectivity index (χ1) is 5.91. The van der Waals surface area contributed by atoms with Crippen molar-refractivity contribution in [3.8, 4) is 0 Å². The van der Waals surface area contributed by atoms with E-state index in [2.05, 4.69) is 4.74 Å². The largest absolute Gasteiger partial charge is 0.464 e. The van der Waals surface area contributed by atoms with Crippen LogP contribution in [0.3, 0.4) is 0 Å². The lowest BCUT2D eigenvalue weighted by Crippen LogP contribution is -2.45. The standard InChI is InChI=1S/C7H9F2NO3/c1-7(8,9)6(12)10-4-2-3-13-5(4)11/h4H,2-3H2,1H3,(H,10,12). The summed E-state index contributed by atoms with van der Waals surface area (Å²) in [5, 5.41) is 1.91. The molecule has 1 unspecified atom stereocenters. The number of carbonyl (C=O) groups excluding carboxylic acids is 2. The smallest absolute Gasteiger partial charge is 0.328 e. The normalized spacial score (nSPS) is 22.7. The van der Waals surface area contributed by atoms with Gasteiger partial charge in [-0.15, -0.1) is 0 Å². The molecule has 0 saturated carbocycles. The molecule has 1 aliphatic rings. The first-order valence-corrected chi connectivity index (χ1v) is 3.76. The van der Waals surface area contributed by atoms with E-state index in [4.69, 9.17) is 0 Å². The average molecular weight is 193 g/mol. The van der Waals surface area contributed by atoms with Crippen LogP contribution in [0.4, 0.5) is 8.78 Å². The highest BCUT2D eigenvalue weighted by Crippen LogP contribution is 2.13. The number of amides is 1. The summed E-state index contributed by atoms with van der Waals surface area (Å²) in [5.74, 6) is -5.56. The monoisotopic (exact) mass is 193 g/mol. The average Bonchev–Trinajstić information content (AvgIpc) is 2.34. The first-order valence-electron chi connectivity index (χ1n) is 3.76. The van der Waals surface area contributed by atoms with Crippen molar-refractivity contribution < 1.29 is 23.1 Å². The van der Waals surface area contributed by atoms with Crippen molar-refractivity contribution >= 4 is 11.9 Å². The van der Waals surface area contributed by atoms with Crippen LogP contribution in [0.15, 0.2) is 0 Å². The molecule has 0 aromatic heterocycles. The van der Waals surface area contributed by atoms with Gasteiger partial charge >= 0.3 is 11.9 Å². The zero-order chi connectivity index (χ0) is 10.1. The maximum Gasteiger partial charge on any atom is 0.328 e. The zero-order valence-corrected chi connectivity index (χ0v) is 6.97. The zero-order valence-electron chi connectivity index (χ0n) is 6.97. The van der Waals surface area contributed by atoms with Gasteiger partial charge in [-0.3, -0.25) is 4.79 Å². The Bertz CT molecular complexity index is 236. The highest BCUT2D eigenvalue weighted by Gasteiger charge is 2.37. The van der Waals surface area contributed by atoms with Gasteiger partial charge in [0.1, 0.15) is 6.04 Å². The second-order valence-electron chi connectivity index (χ2n) is 2.87. The van der Waals surface area contributed by atoms with Crippen LogP contribution < -0.4 is 5.32 Å². The third-order valence-corrected chi connectivity index (χ3v) is 1.64. The number of esters is 1. The molecule has 1 saturated heterocycles. The van der Waals surface area contributed by atoms with Gasteiger partial charge < -0.3 is 10.1 Å². The molecule has 6 heteroatoms. The Balaban J connectivity index is 2.49. The molecule has 1 N–H and O–H groups in total. The van der Waals surface area contributed by atoms with E-state index in [1.165, 1.54) is 0 Å². The minimum absolute atomic E-state index is 0.166. The van der Waals surface area contributed by atoms with Gasteiger partial charge in [0.05, 0.1) is 6.61 Å². The fraction of sp³-hybridized carbons (Fsp3) is 0.714. The molecule has 1 atom stereocenters. The quantitative estimate of drug-likeness (QED) is 0.631. The van der Waals surface area contributed by atoms with E-state index < -0.39 is 23.8 Å². The van der Waals surface area contributed by atoms with Crippen molar-refractivity contribution in [2.45, 2.75) is 25.3 Å². The summed E-state index contributed by atoms with van der Waals surface area (Å²) in [5.41, 5.74) is 0. The molecule has 0 radical (unpaired) electrons. The van der Waals surface area contributed by atoms with Gasteiger partial charge in [0, 0.05) is 13.3 Å². The summed E-state index contributed by atoms with van der Waals surface area (Å²) >= 11 is 0. The molecule has 4 nitrogen and oxygen atoms in total. The number of hydrogen-bond donors (Lipinski definition) is 1. The molecule has 0 bridgehead atoms. The van der Waals surface area contributed by atoms with E-state index >= 15 is 0 Å².